The highest BCUT2D eigenvalue weighted by Gasteiger charge is 2.24. The molecular weight excluding hydrogens is 395 g/mol. The van der Waals surface area contributed by atoms with Crippen LogP contribution in [-0.2, 0) is 4.79 Å². The van der Waals surface area contributed by atoms with Gasteiger partial charge in [0, 0.05) is 34.3 Å². The van der Waals surface area contributed by atoms with E-state index in [-0.39, 0.29) is 17.5 Å². The zero-order valence-electron chi connectivity index (χ0n) is 18.1. The number of nitrogens with zero attached hydrogens (tertiary/aromatic N) is 2. The predicted molar refractivity (Wildman–Crippen MR) is 121 cm³/mol. The molecule has 6 nitrogen and oxygen atoms in total. The number of halogens is 1. The third-order valence-corrected chi connectivity index (χ3v) is 5.05. The van der Waals surface area contributed by atoms with Gasteiger partial charge in [-0.2, -0.15) is 5.10 Å². The van der Waals surface area contributed by atoms with Crippen LogP contribution < -0.4 is 10.7 Å². The highest BCUT2D eigenvalue weighted by molar-refractivity contribution is 6.00. The van der Waals surface area contributed by atoms with Crippen molar-refractivity contribution in [3.05, 3.63) is 71.7 Å². The zero-order chi connectivity index (χ0) is 22.5. The first-order chi connectivity index (χ1) is 14.8. The fraction of sp³-hybridized carbons (Fsp3) is 0.292. The molecule has 2 aromatic carbocycles. The van der Waals surface area contributed by atoms with E-state index < -0.39 is 23.7 Å². The third kappa shape index (κ3) is 5.17. The summed E-state index contributed by atoms with van der Waals surface area (Å²) in [6, 6.07) is 12.7. The smallest absolute Gasteiger partial charge is 0.262 e. The summed E-state index contributed by atoms with van der Waals surface area (Å²) in [5.74, 6) is -1.46. The molecule has 0 aliphatic rings. The molecule has 1 heterocycles. The van der Waals surface area contributed by atoms with Crippen molar-refractivity contribution < 1.29 is 14.0 Å². The Bertz CT molecular complexity index is 1100. The number of nitrogens with one attached hydrogen (secondary N) is 2. The summed E-state index contributed by atoms with van der Waals surface area (Å²) >= 11 is 0. The molecule has 7 heteroatoms. The Balaban J connectivity index is 1.72. The van der Waals surface area contributed by atoms with Gasteiger partial charge in [0.25, 0.3) is 11.8 Å². The van der Waals surface area contributed by atoms with Crippen LogP contribution in [0.25, 0.3) is 10.9 Å². The van der Waals surface area contributed by atoms with Crippen LogP contribution in [0.2, 0.25) is 0 Å². The van der Waals surface area contributed by atoms with Gasteiger partial charge in [0.05, 0.1) is 6.21 Å². The number of carbonyl (C=O) groups excluding carboxylic acids is 2. The Kier molecular flexibility index (Phi) is 6.84. The highest BCUT2D eigenvalue weighted by atomic mass is 19.1. The van der Waals surface area contributed by atoms with Crippen LogP contribution in [0.4, 0.5) is 4.39 Å². The predicted octanol–water partition coefficient (Wildman–Crippen LogP) is 4.27. The van der Waals surface area contributed by atoms with E-state index in [1.165, 1.54) is 24.3 Å². The highest BCUT2D eigenvalue weighted by Crippen LogP contribution is 2.23. The second kappa shape index (κ2) is 9.55. The quantitative estimate of drug-likeness (QED) is 0.441. The van der Waals surface area contributed by atoms with E-state index in [4.69, 9.17) is 0 Å². The maximum Gasteiger partial charge on any atom is 0.262 e. The number of para-hydroxylation sites is 1. The number of hydrogen-bond donors (Lipinski definition) is 2. The Morgan fingerprint density at radius 1 is 1.03 bits per heavy atom. The monoisotopic (exact) mass is 422 g/mol. The molecule has 0 saturated heterocycles. The maximum atomic E-state index is 13.1. The standard InChI is InChI=1S/C24H27FN4O2/c1-15(2)22(27-23(30)17-9-11-19(25)12-10-17)24(31)28-26-13-18-14-29(16(3)4)21-8-6-5-7-20(18)21/h5-16,22H,1-4H3,(H,27,30)(H,28,31)/b26-13-/t22-/m1/s1. The lowest BCUT2D eigenvalue weighted by Gasteiger charge is -2.20. The number of hydrazone groups is 1. The number of fused-ring (bicyclic) bond motifs is 1. The normalized spacial score (nSPS) is 12.6. The van der Waals surface area contributed by atoms with E-state index in [9.17, 15) is 14.0 Å². The lowest BCUT2D eigenvalue weighted by molar-refractivity contribution is -0.123. The molecule has 0 unspecified atom stereocenters. The summed E-state index contributed by atoms with van der Waals surface area (Å²) in [5.41, 5.74) is 4.79. The maximum absolute atomic E-state index is 13.1. The molecule has 1 aromatic heterocycles. The van der Waals surface area contributed by atoms with Crippen molar-refractivity contribution in [1.29, 1.82) is 0 Å². The van der Waals surface area contributed by atoms with Crippen LogP contribution in [0.5, 0.6) is 0 Å². The van der Waals surface area contributed by atoms with Crippen molar-refractivity contribution in [1.82, 2.24) is 15.3 Å². The van der Waals surface area contributed by atoms with E-state index >= 15 is 0 Å². The van der Waals surface area contributed by atoms with Crippen LogP contribution >= 0.6 is 0 Å². The number of amides is 2. The first kappa shape index (κ1) is 22.2. The van der Waals surface area contributed by atoms with Crippen LogP contribution in [0.1, 0.15) is 49.7 Å². The van der Waals surface area contributed by atoms with Crippen LogP contribution in [0.3, 0.4) is 0 Å². The summed E-state index contributed by atoms with van der Waals surface area (Å²) < 4.78 is 15.2. The zero-order valence-corrected chi connectivity index (χ0v) is 18.1. The van der Waals surface area contributed by atoms with Gasteiger partial charge in [0.2, 0.25) is 0 Å². The Morgan fingerprint density at radius 2 is 1.71 bits per heavy atom. The minimum Gasteiger partial charge on any atom is -0.344 e. The van der Waals surface area contributed by atoms with Gasteiger partial charge < -0.3 is 9.88 Å². The topological polar surface area (TPSA) is 75.5 Å². The molecule has 0 radical (unpaired) electrons. The molecule has 0 spiro atoms. The van der Waals surface area contributed by atoms with E-state index in [2.05, 4.69) is 34.3 Å². The largest absolute Gasteiger partial charge is 0.344 e. The second-order valence-corrected chi connectivity index (χ2v) is 8.04. The molecule has 2 N–H and O–H groups in total. The van der Waals surface area contributed by atoms with Gasteiger partial charge in [0.15, 0.2) is 0 Å². The Hall–Kier alpha value is -3.48. The first-order valence-corrected chi connectivity index (χ1v) is 10.3. The summed E-state index contributed by atoms with van der Waals surface area (Å²) in [6.07, 6.45) is 3.61. The molecule has 1 atom stereocenters. The number of aromatic nitrogens is 1. The number of hydrogen-bond acceptors (Lipinski definition) is 3. The van der Waals surface area contributed by atoms with Crippen molar-refractivity contribution in [2.24, 2.45) is 11.0 Å². The van der Waals surface area contributed by atoms with E-state index in [0.29, 0.717) is 0 Å². The minimum atomic E-state index is -0.785. The Labute approximate surface area is 181 Å². The summed E-state index contributed by atoms with van der Waals surface area (Å²) in [4.78, 5) is 25.1. The van der Waals surface area contributed by atoms with Crippen molar-refractivity contribution in [3.63, 3.8) is 0 Å². The summed E-state index contributed by atoms with van der Waals surface area (Å²) in [7, 11) is 0. The molecule has 162 valence electrons. The first-order valence-electron chi connectivity index (χ1n) is 10.3. The van der Waals surface area contributed by atoms with Gasteiger partial charge in [-0.3, -0.25) is 9.59 Å². The molecule has 0 bridgehead atoms. The average Bonchev–Trinajstić information content (AvgIpc) is 3.11. The molecule has 3 aromatic rings. The summed E-state index contributed by atoms with van der Waals surface area (Å²) in [6.45, 7) is 7.86. The fourth-order valence-corrected chi connectivity index (χ4v) is 3.36. The molecule has 0 aliphatic carbocycles. The summed E-state index contributed by atoms with van der Waals surface area (Å²) in [5, 5.41) is 7.86. The molecule has 0 fully saturated rings. The fourth-order valence-electron chi connectivity index (χ4n) is 3.36. The lowest BCUT2D eigenvalue weighted by atomic mass is 10.0. The van der Waals surface area contributed by atoms with Crippen LogP contribution in [-0.4, -0.2) is 28.6 Å². The van der Waals surface area contributed by atoms with Crippen molar-refractivity contribution >= 4 is 28.9 Å². The van der Waals surface area contributed by atoms with Gasteiger partial charge in [-0.05, 0) is 50.1 Å². The van der Waals surface area contributed by atoms with Crippen molar-refractivity contribution in [2.45, 2.75) is 39.8 Å². The van der Waals surface area contributed by atoms with Gasteiger partial charge >= 0.3 is 0 Å². The Morgan fingerprint density at radius 3 is 2.35 bits per heavy atom. The van der Waals surface area contributed by atoms with E-state index in [1.807, 2.05) is 44.3 Å². The minimum absolute atomic E-state index is 0.164. The molecule has 2 amide bonds. The van der Waals surface area contributed by atoms with E-state index in [0.717, 1.165) is 16.5 Å². The molecule has 0 saturated carbocycles. The van der Waals surface area contributed by atoms with Crippen molar-refractivity contribution in [3.8, 4) is 0 Å². The lowest BCUT2D eigenvalue weighted by Crippen LogP contribution is -2.48. The second-order valence-electron chi connectivity index (χ2n) is 8.04. The van der Waals surface area contributed by atoms with Gasteiger partial charge in [-0.15, -0.1) is 0 Å². The SMILES string of the molecule is CC(C)[C@@H](NC(=O)c1ccc(F)cc1)C(=O)N/N=C\c1cn(C(C)C)c2ccccc12. The number of benzene rings is 2. The van der Waals surface area contributed by atoms with Gasteiger partial charge in [0.1, 0.15) is 11.9 Å². The number of carbonyl (C=O) groups is 2. The van der Waals surface area contributed by atoms with E-state index in [1.54, 1.807) is 6.21 Å². The third-order valence-electron chi connectivity index (χ3n) is 5.05. The number of rotatable bonds is 7. The van der Waals surface area contributed by atoms with Gasteiger partial charge in [-0.25, -0.2) is 9.82 Å². The van der Waals surface area contributed by atoms with Crippen LogP contribution in [0.15, 0.2) is 59.8 Å². The van der Waals surface area contributed by atoms with Crippen LogP contribution in [0, 0.1) is 11.7 Å². The molecule has 31 heavy (non-hydrogen) atoms. The molecular formula is C24H27FN4O2. The van der Waals surface area contributed by atoms with Gasteiger partial charge in [-0.1, -0.05) is 32.0 Å². The average molecular weight is 423 g/mol. The molecule has 3 rings (SSSR count). The van der Waals surface area contributed by atoms with Crippen molar-refractivity contribution in [2.75, 3.05) is 0 Å². The molecule has 0 aliphatic heterocycles.